The molecule has 5 N–H and O–H groups in total. The van der Waals surface area contributed by atoms with E-state index in [0.717, 1.165) is 18.3 Å². The van der Waals surface area contributed by atoms with Gasteiger partial charge in [-0.2, -0.15) is 13.2 Å². The van der Waals surface area contributed by atoms with Crippen LogP contribution in [-0.2, 0) is 6.18 Å². The smallest absolute Gasteiger partial charge is 0.382 e. The highest BCUT2D eigenvalue weighted by Crippen LogP contribution is 2.35. The molecule has 34 heavy (non-hydrogen) atoms. The minimum Gasteiger partial charge on any atom is -0.382 e. The van der Waals surface area contributed by atoms with Crippen LogP contribution in [0, 0.1) is 0 Å². The number of alkyl halides is 3. The molecule has 178 valence electrons. The Kier molecular flexibility index (Phi) is 5.12. The second kappa shape index (κ2) is 8.86. The molecule has 0 bridgehead atoms. The molecule has 0 aliphatic carbocycles. The number of halogens is 3. The number of nitrogen functional groups attached to an aromatic ring is 1. The second-order valence-corrected chi connectivity index (χ2v) is 7.85. The predicted octanol–water partition coefficient (Wildman–Crippen LogP) is 3.10. The summed E-state index contributed by atoms with van der Waals surface area (Å²) in [6.07, 6.45) is -0.701. The van der Waals surface area contributed by atoms with Gasteiger partial charge in [-0.15, -0.1) is 0 Å². The first kappa shape index (κ1) is 19.6. The van der Waals surface area contributed by atoms with Gasteiger partial charge in [0.05, 0.1) is 17.4 Å². The lowest BCUT2D eigenvalue weighted by molar-refractivity contribution is -0.137. The molecule has 3 aromatic rings. The van der Waals surface area contributed by atoms with Gasteiger partial charge in [0.2, 0.25) is 0 Å². The van der Waals surface area contributed by atoms with Gasteiger partial charge in [0.15, 0.2) is 17.3 Å². The molecule has 0 atom stereocenters. The number of nitrogens with one attached hydrogen (secondary N) is 1. The largest absolute Gasteiger partial charge is 0.418 e. The summed E-state index contributed by atoms with van der Waals surface area (Å²) in [4.78, 5) is 30.7. The molecule has 1 aliphatic rings. The molecular weight excluding hydrogens is 449 g/mol. The quantitative estimate of drug-likeness (QED) is 0.524. The highest BCUT2D eigenvalue weighted by atomic mass is 19.4. The van der Waals surface area contributed by atoms with E-state index in [1.54, 1.807) is 12.1 Å². The number of nitrogens with two attached hydrogens (primary N) is 2. The molecule has 1 amide bonds. The van der Waals surface area contributed by atoms with Crippen LogP contribution in [-0.4, -0.2) is 44.5 Å². The fourth-order valence-corrected chi connectivity index (χ4v) is 3.58. The average molecular weight is 475 g/mol. The first-order chi connectivity index (χ1) is 17.3. The third-order valence-electron chi connectivity index (χ3n) is 5.39. The number of carbonyl (C=O) groups is 1. The van der Waals surface area contributed by atoms with Gasteiger partial charge in [0.1, 0.15) is 11.4 Å². The second-order valence-electron chi connectivity index (χ2n) is 7.85. The summed E-state index contributed by atoms with van der Waals surface area (Å²) in [6, 6.07) is 5.33. The van der Waals surface area contributed by atoms with Crippen LogP contribution in [0.3, 0.4) is 0 Å². The van der Waals surface area contributed by atoms with E-state index < -0.39 is 41.4 Å². The van der Waals surface area contributed by atoms with Crippen molar-refractivity contribution in [1.29, 1.82) is 0 Å². The van der Waals surface area contributed by atoms with Crippen LogP contribution >= 0.6 is 0 Å². The van der Waals surface area contributed by atoms with E-state index in [2.05, 4.69) is 25.3 Å². The van der Waals surface area contributed by atoms with Crippen LogP contribution in [0.15, 0.2) is 42.9 Å². The zero-order chi connectivity index (χ0) is 27.0. The summed E-state index contributed by atoms with van der Waals surface area (Å²) in [5.74, 6) is -1.01. The van der Waals surface area contributed by atoms with Crippen molar-refractivity contribution >= 4 is 23.2 Å². The molecule has 0 unspecified atom stereocenters. The Hall–Kier alpha value is -3.80. The Morgan fingerprint density at radius 1 is 1.18 bits per heavy atom. The van der Waals surface area contributed by atoms with Crippen LogP contribution in [0.4, 0.5) is 30.5 Å². The van der Waals surface area contributed by atoms with Gasteiger partial charge in [0, 0.05) is 35.1 Å². The average Bonchev–Trinajstić information content (AvgIpc) is 2.84. The number of carbonyl (C=O) groups excluding carboxylic acids is 1. The van der Waals surface area contributed by atoms with Gasteiger partial charge in [-0.1, -0.05) is 0 Å². The summed E-state index contributed by atoms with van der Waals surface area (Å²) in [6.45, 7) is -1.70. The highest BCUT2D eigenvalue weighted by molar-refractivity contribution is 6.06. The van der Waals surface area contributed by atoms with E-state index in [-0.39, 0.29) is 30.2 Å². The number of pyridine rings is 2. The molecular formula is C22H23F3N8O. The first-order valence-corrected chi connectivity index (χ1v) is 10.3. The van der Waals surface area contributed by atoms with Crippen molar-refractivity contribution in [3.63, 3.8) is 0 Å². The normalized spacial score (nSPS) is 17.4. The Bertz CT molecular complexity index is 1310. The molecule has 9 nitrogen and oxygen atoms in total. The number of aromatic nitrogens is 4. The van der Waals surface area contributed by atoms with Crippen molar-refractivity contribution in [2.45, 2.75) is 31.4 Å². The zero-order valence-corrected chi connectivity index (χ0v) is 17.8. The van der Waals surface area contributed by atoms with Crippen LogP contribution in [0.2, 0.25) is 0 Å². The fraction of sp³-hybridized carbons (Fsp3) is 0.318. The molecule has 4 rings (SSSR count). The monoisotopic (exact) mass is 475 g/mol. The lowest BCUT2D eigenvalue weighted by atomic mass is 9.91. The minimum atomic E-state index is -4.70. The maximum Gasteiger partial charge on any atom is 0.418 e. The topological polar surface area (TPSA) is 136 Å². The molecule has 0 saturated carbocycles. The van der Waals surface area contributed by atoms with Gasteiger partial charge in [0.25, 0.3) is 5.91 Å². The maximum absolute atomic E-state index is 13.5. The van der Waals surface area contributed by atoms with Crippen molar-refractivity contribution in [3.8, 4) is 11.4 Å². The van der Waals surface area contributed by atoms with Crippen LogP contribution < -0.4 is 21.7 Å². The lowest BCUT2D eigenvalue weighted by Crippen LogP contribution is -2.48. The Labute approximate surface area is 197 Å². The van der Waals surface area contributed by atoms with Gasteiger partial charge in [-0.3, -0.25) is 9.78 Å². The third kappa shape index (κ3) is 4.91. The van der Waals surface area contributed by atoms with E-state index in [1.165, 1.54) is 12.4 Å². The number of piperidine rings is 1. The molecule has 12 heteroatoms. The van der Waals surface area contributed by atoms with Gasteiger partial charge in [-0.05, 0) is 44.0 Å². The number of hydrogen-bond acceptors (Lipinski definition) is 8. The summed E-state index contributed by atoms with van der Waals surface area (Å²) >= 11 is 0. The summed E-state index contributed by atoms with van der Waals surface area (Å²) < 4.78 is 63.4. The SMILES string of the molecule is [2H]C([2H])([2H])C1(N)CCN(c2cccnc2NC(=O)c2nc(-c3ncccc3C(F)(F)F)cnc2N)CC1. The van der Waals surface area contributed by atoms with E-state index in [1.807, 2.05) is 4.90 Å². The van der Waals surface area contributed by atoms with Crippen molar-refractivity contribution in [3.05, 3.63) is 54.1 Å². The lowest BCUT2D eigenvalue weighted by Gasteiger charge is -2.38. The molecule has 3 aromatic heterocycles. The Morgan fingerprint density at radius 3 is 2.59 bits per heavy atom. The predicted molar refractivity (Wildman–Crippen MR) is 121 cm³/mol. The highest BCUT2D eigenvalue weighted by Gasteiger charge is 2.35. The van der Waals surface area contributed by atoms with Crippen LogP contribution in [0.25, 0.3) is 11.4 Å². The van der Waals surface area contributed by atoms with Gasteiger partial charge >= 0.3 is 6.18 Å². The fourth-order valence-electron chi connectivity index (χ4n) is 3.58. The molecule has 1 saturated heterocycles. The van der Waals surface area contributed by atoms with Crippen molar-refractivity contribution < 1.29 is 22.1 Å². The summed E-state index contributed by atoms with van der Waals surface area (Å²) in [5.41, 5.74) is 8.90. The molecule has 1 fully saturated rings. The minimum absolute atomic E-state index is 0.131. The van der Waals surface area contributed by atoms with Crippen LogP contribution in [0.1, 0.15) is 39.9 Å². The number of anilines is 3. The van der Waals surface area contributed by atoms with Crippen molar-refractivity contribution in [2.24, 2.45) is 5.73 Å². The van der Waals surface area contributed by atoms with Crippen LogP contribution in [0.5, 0.6) is 0 Å². The van der Waals surface area contributed by atoms with Crippen molar-refractivity contribution in [1.82, 2.24) is 19.9 Å². The van der Waals surface area contributed by atoms with E-state index in [4.69, 9.17) is 15.6 Å². The zero-order valence-electron chi connectivity index (χ0n) is 20.8. The number of hydrogen-bond donors (Lipinski definition) is 3. The van der Waals surface area contributed by atoms with E-state index in [9.17, 15) is 18.0 Å². The van der Waals surface area contributed by atoms with E-state index >= 15 is 0 Å². The molecule has 4 heterocycles. The number of nitrogens with zero attached hydrogens (tertiary/aromatic N) is 5. The molecule has 0 radical (unpaired) electrons. The molecule has 1 aliphatic heterocycles. The Morgan fingerprint density at radius 2 is 1.88 bits per heavy atom. The molecule has 0 spiro atoms. The first-order valence-electron chi connectivity index (χ1n) is 11.8. The Balaban J connectivity index is 1.60. The maximum atomic E-state index is 13.5. The van der Waals surface area contributed by atoms with E-state index in [0.29, 0.717) is 18.8 Å². The van der Waals surface area contributed by atoms with Crippen molar-refractivity contribution in [2.75, 3.05) is 29.0 Å². The summed E-state index contributed by atoms with van der Waals surface area (Å²) in [7, 11) is 0. The summed E-state index contributed by atoms with van der Waals surface area (Å²) in [5, 5.41) is 2.58. The number of amides is 1. The third-order valence-corrected chi connectivity index (χ3v) is 5.39. The van der Waals surface area contributed by atoms with Gasteiger partial charge < -0.3 is 21.7 Å². The number of rotatable bonds is 4. The van der Waals surface area contributed by atoms with Gasteiger partial charge in [-0.25, -0.2) is 15.0 Å². The molecule has 0 aromatic carbocycles. The standard InChI is InChI=1S/C22H23F3N8O/c1-21(27)6-10-33(11-7-21)15-5-3-9-29-19(15)32-20(34)17-18(26)30-12-14(31-17)16-13(22(23,24)25)4-2-8-28-16/h2-5,8-9,12H,6-7,10-11,27H2,1H3,(H2,26,30)(H,29,32,34)/i1D3.